The van der Waals surface area contributed by atoms with E-state index in [0.29, 0.717) is 6.04 Å². The molecule has 1 atom stereocenters. The molecular formula is C18H22BrNS. The van der Waals surface area contributed by atoms with Crippen LogP contribution in [0, 0.1) is 6.92 Å². The van der Waals surface area contributed by atoms with Gasteiger partial charge in [0.25, 0.3) is 0 Å². The second-order valence-electron chi connectivity index (χ2n) is 5.15. The summed E-state index contributed by atoms with van der Waals surface area (Å²) in [7, 11) is 0. The molecule has 2 aromatic rings. The predicted octanol–water partition coefficient (Wildman–Crippen LogP) is 5.07. The van der Waals surface area contributed by atoms with E-state index in [-0.39, 0.29) is 0 Å². The van der Waals surface area contributed by atoms with Crippen LogP contribution in [0.5, 0.6) is 0 Å². The van der Waals surface area contributed by atoms with Gasteiger partial charge in [0, 0.05) is 21.2 Å². The number of thioether (sulfide) groups is 1. The molecule has 2 rings (SSSR count). The van der Waals surface area contributed by atoms with Gasteiger partial charge in [-0.05, 0) is 55.3 Å². The molecule has 21 heavy (non-hydrogen) atoms. The number of halogens is 1. The van der Waals surface area contributed by atoms with Gasteiger partial charge >= 0.3 is 0 Å². The van der Waals surface area contributed by atoms with Gasteiger partial charge in [-0.25, -0.2) is 0 Å². The maximum atomic E-state index is 3.61. The minimum absolute atomic E-state index is 0.504. The average Bonchev–Trinajstić information content (AvgIpc) is 2.49. The molecule has 0 radical (unpaired) electrons. The van der Waals surface area contributed by atoms with Crippen molar-refractivity contribution in [1.82, 2.24) is 5.32 Å². The van der Waals surface area contributed by atoms with Crippen molar-refractivity contribution in [3.63, 3.8) is 0 Å². The topological polar surface area (TPSA) is 12.0 Å². The first-order valence-corrected chi connectivity index (χ1v) is 9.13. The molecule has 0 aliphatic heterocycles. The Labute approximate surface area is 140 Å². The molecule has 2 aromatic carbocycles. The summed E-state index contributed by atoms with van der Waals surface area (Å²) in [6, 6.07) is 17.7. The molecule has 0 aliphatic rings. The van der Waals surface area contributed by atoms with Crippen LogP contribution in [0.2, 0.25) is 0 Å². The van der Waals surface area contributed by atoms with Crippen LogP contribution in [-0.2, 0) is 6.42 Å². The van der Waals surface area contributed by atoms with E-state index in [1.807, 2.05) is 11.8 Å². The predicted molar refractivity (Wildman–Crippen MR) is 97.2 cm³/mol. The summed E-state index contributed by atoms with van der Waals surface area (Å²) in [6.07, 6.45) is 1.09. The van der Waals surface area contributed by atoms with Gasteiger partial charge in [-0.15, -0.1) is 11.8 Å². The zero-order valence-corrected chi connectivity index (χ0v) is 15.0. The largest absolute Gasteiger partial charge is 0.313 e. The van der Waals surface area contributed by atoms with Gasteiger partial charge in [-0.2, -0.15) is 0 Å². The first-order valence-electron chi connectivity index (χ1n) is 7.35. The van der Waals surface area contributed by atoms with Crippen LogP contribution in [-0.4, -0.2) is 18.3 Å². The summed E-state index contributed by atoms with van der Waals surface area (Å²) in [5.74, 6) is 1.09. The molecule has 1 nitrogen and oxygen atoms in total. The highest BCUT2D eigenvalue weighted by Crippen LogP contribution is 2.22. The average molecular weight is 364 g/mol. The van der Waals surface area contributed by atoms with E-state index in [9.17, 15) is 0 Å². The van der Waals surface area contributed by atoms with Gasteiger partial charge in [0.2, 0.25) is 0 Å². The van der Waals surface area contributed by atoms with Crippen LogP contribution in [0.15, 0.2) is 57.9 Å². The lowest BCUT2D eigenvalue weighted by atomic mass is 10.0. The number of hydrogen-bond acceptors (Lipinski definition) is 2. The smallest absolute Gasteiger partial charge is 0.0202 e. The van der Waals surface area contributed by atoms with E-state index in [4.69, 9.17) is 0 Å². The molecule has 0 bridgehead atoms. The quantitative estimate of drug-likeness (QED) is 0.689. The molecule has 3 heteroatoms. The Balaban J connectivity index is 1.95. The lowest BCUT2D eigenvalue weighted by Crippen LogP contribution is -2.33. The van der Waals surface area contributed by atoms with Gasteiger partial charge < -0.3 is 5.32 Å². The van der Waals surface area contributed by atoms with Crippen LogP contribution in [0.1, 0.15) is 18.1 Å². The zero-order valence-electron chi connectivity index (χ0n) is 12.6. The van der Waals surface area contributed by atoms with E-state index in [1.54, 1.807) is 0 Å². The normalized spacial score (nSPS) is 12.3. The van der Waals surface area contributed by atoms with Crippen molar-refractivity contribution in [2.24, 2.45) is 0 Å². The molecule has 0 heterocycles. The van der Waals surface area contributed by atoms with E-state index >= 15 is 0 Å². The Morgan fingerprint density at radius 2 is 1.81 bits per heavy atom. The highest BCUT2D eigenvalue weighted by molar-refractivity contribution is 9.10. The summed E-state index contributed by atoms with van der Waals surface area (Å²) >= 11 is 5.40. The monoisotopic (exact) mass is 363 g/mol. The Morgan fingerprint density at radius 1 is 1.10 bits per heavy atom. The van der Waals surface area contributed by atoms with Crippen molar-refractivity contribution < 1.29 is 0 Å². The Bertz CT molecular complexity index is 553. The van der Waals surface area contributed by atoms with Crippen LogP contribution in [0.4, 0.5) is 0 Å². The number of aryl methyl sites for hydroxylation is 1. The molecule has 0 aromatic heterocycles. The molecule has 1 unspecified atom stereocenters. The van der Waals surface area contributed by atoms with E-state index in [2.05, 4.69) is 83.6 Å². The first-order chi connectivity index (χ1) is 10.2. The summed E-state index contributed by atoms with van der Waals surface area (Å²) in [4.78, 5) is 1.32. The lowest BCUT2D eigenvalue weighted by Gasteiger charge is -2.19. The zero-order chi connectivity index (χ0) is 15.1. The van der Waals surface area contributed by atoms with Gasteiger partial charge in [0.1, 0.15) is 0 Å². The van der Waals surface area contributed by atoms with Gasteiger partial charge in [-0.3, -0.25) is 0 Å². The van der Waals surface area contributed by atoms with Gasteiger partial charge in [-0.1, -0.05) is 47.1 Å². The van der Waals surface area contributed by atoms with Gasteiger partial charge in [0.05, 0.1) is 0 Å². The van der Waals surface area contributed by atoms with Crippen LogP contribution >= 0.6 is 27.7 Å². The fraction of sp³-hybridized carbons (Fsp3) is 0.333. The minimum atomic E-state index is 0.504. The lowest BCUT2D eigenvalue weighted by molar-refractivity contribution is 0.571. The third-order valence-corrected chi connectivity index (χ3v) is 5.19. The first kappa shape index (κ1) is 16.6. The SMILES string of the molecule is CCNC(CSc1ccc(Br)cc1)Cc1ccccc1C. The summed E-state index contributed by atoms with van der Waals surface area (Å²) in [5.41, 5.74) is 2.83. The number of nitrogens with one attached hydrogen (secondary N) is 1. The molecule has 0 saturated heterocycles. The number of likely N-dealkylation sites (N-methyl/N-ethyl adjacent to an activating group) is 1. The van der Waals surface area contributed by atoms with Crippen molar-refractivity contribution in [2.45, 2.75) is 31.2 Å². The number of benzene rings is 2. The molecule has 0 amide bonds. The maximum Gasteiger partial charge on any atom is 0.0202 e. The van der Waals surface area contributed by atoms with Crippen LogP contribution in [0.3, 0.4) is 0 Å². The Hall–Kier alpha value is -0.770. The highest BCUT2D eigenvalue weighted by atomic mass is 79.9. The third kappa shape index (κ3) is 5.50. The number of hydrogen-bond donors (Lipinski definition) is 1. The van der Waals surface area contributed by atoms with Crippen molar-refractivity contribution in [1.29, 1.82) is 0 Å². The molecule has 0 spiro atoms. The Morgan fingerprint density at radius 3 is 2.48 bits per heavy atom. The number of rotatable bonds is 7. The fourth-order valence-corrected chi connectivity index (χ4v) is 3.53. The highest BCUT2D eigenvalue weighted by Gasteiger charge is 2.10. The van der Waals surface area contributed by atoms with Crippen molar-refractivity contribution >= 4 is 27.7 Å². The van der Waals surface area contributed by atoms with Crippen LogP contribution < -0.4 is 5.32 Å². The van der Waals surface area contributed by atoms with Gasteiger partial charge in [0.15, 0.2) is 0 Å². The molecule has 0 aliphatic carbocycles. The van der Waals surface area contributed by atoms with E-state index in [0.717, 1.165) is 23.2 Å². The van der Waals surface area contributed by atoms with E-state index in [1.165, 1.54) is 16.0 Å². The molecule has 1 N–H and O–H groups in total. The summed E-state index contributed by atoms with van der Waals surface area (Å²) in [5, 5.41) is 3.61. The van der Waals surface area contributed by atoms with E-state index < -0.39 is 0 Å². The van der Waals surface area contributed by atoms with Crippen molar-refractivity contribution in [3.8, 4) is 0 Å². The molecular weight excluding hydrogens is 342 g/mol. The second kappa shape index (κ2) is 8.62. The van der Waals surface area contributed by atoms with Crippen molar-refractivity contribution in [2.75, 3.05) is 12.3 Å². The Kier molecular flexibility index (Phi) is 6.81. The summed E-state index contributed by atoms with van der Waals surface area (Å²) < 4.78 is 1.13. The third-order valence-electron chi connectivity index (χ3n) is 3.49. The minimum Gasteiger partial charge on any atom is -0.313 e. The molecule has 0 fully saturated rings. The maximum absolute atomic E-state index is 3.61. The second-order valence-corrected chi connectivity index (χ2v) is 7.16. The molecule has 0 saturated carbocycles. The van der Waals surface area contributed by atoms with Crippen molar-refractivity contribution in [3.05, 3.63) is 64.1 Å². The molecule has 112 valence electrons. The standard InChI is InChI=1S/C18H22BrNS/c1-3-20-17(12-15-7-5-4-6-14(15)2)13-21-18-10-8-16(19)9-11-18/h4-11,17,20H,3,12-13H2,1-2H3. The summed E-state index contributed by atoms with van der Waals surface area (Å²) in [6.45, 7) is 5.38. The van der Waals surface area contributed by atoms with Crippen LogP contribution in [0.25, 0.3) is 0 Å². The fourth-order valence-electron chi connectivity index (χ4n) is 2.31.